The van der Waals surface area contributed by atoms with Crippen molar-refractivity contribution in [3.63, 3.8) is 0 Å². The maximum absolute atomic E-state index is 13.1. The summed E-state index contributed by atoms with van der Waals surface area (Å²) in [6.45, 7) is 2.28. The molecular weight excluding hydrogens is 335 g/mol. The van der Waals surface area contributed by atoms with E-state index in [-0.39, 0.29) is 17.8 Å². The molecule has 1 aromatic heterocycles. The summed E-state index contributed by atoms with van der Waals surface area (Å²) in [5.74, 6) is 0.282. The normalized spacial score (nSPS) is 12.0. The van der Waals surface area contributed by atoms with Gasteiger partial charge in [0, 0.05) is 24.3 Å². The van der Waals surface area contributed by atoms with E-state index in [0.29, 0.717) is 34.9 Å². The molecule has 0 spiro atoms. The Morgan fingerprint density at radius 1 is 1.23 bits per heavy atom. The Morgan fingerprint density at radius 2 is 1.96 bits per heavy atom. The standard InChI is InChI=1S/C20H19FN2O3/c1-13(12-25-2)23-19(24)16-5-3-4-6-17(16)20-22-11-18(26-20)14-7-9-15(21)10-8-14/h3-11,13H,12H2,1-2H3,(H,23,24)/t13-/m0/s1. The van der Waals surface area contributed by atoms with Crippen LogP contribution in [0.15, 0.2) is 59.1 Å². The van der Waals surface area contributed by atoms with E-state index in [1.807, 2.05) is 13.0 Å². The Labute approximate surface area is 150 Å². The predicted molar refractivity (Wildman–Crippen MR) is 96.1 cm³/mol. The van der Waals surface area contributed by atoms with Gasteiger partial charge in [-0.2, -0.15) is 0 Å². The molecule has 5 nitrogen and oxygen atoms in total. The minimum absolute atomic E-state index is 0.125. The second-order valence-electron chi connectivity index (χ2n) is 5.91. The fourth-order valence-corrected chi connectivity index (χ4v) is 2.61. The highest BCUT2D eigenvalue weighted by Gasteiger charge is 2.18. The summed E-state index contributed by atoms with van der Waals surface area (Å²) in [5.41, 5.74) is 1.76. The van der Waals surface area contributed by atoms with Crippen molar-refractivity contribution < 1.29 is 18.3 Å². The molecule has 26 heavy (non-hydrogen) atoms. The monoisotopic (exact) mass is 354 g/mol. The molecule has 134 valence electrons. The molecule has 1 amide bonds. The molecule has 1 N–H and O–H groups in total. The number of carbonyl (C=O) groups excluding carboxylic acids is 1. The topological polar surface area (TPSA) is 64.4 Å². The van der Waals surface area contributed by atoms with Crippen LogP contribution in [0.25, 0.3) is 22.8 Å². The van der Waals surface area contributed by atoms with Gasteiger partial charge in [-0.1, -0.05) is 12.1 Å². The van der Waals surface area contributed by atoms with Gasteiger partial charge in [-0.3, -0.25) is 4.79 Å². The largest absolute Gasteiger partial charge is 0.436 e. The number of aromatic nitrogens is 1. The average molecular weight is 354 g/mol. The zero-order valence-corrected chi connectivity index (χ0v) is 14.5. The van der Waals surface area contributed by atoms with Gasteiger partial charge in [0.25, 0.3) is 5.91 Å². The second-order valence-corrected chi connectivity index (χ2v) is 5.91. The summed E-state index contributed by atoms with van der Waals surface area (Å²) in [6, 6.07) is 12.9. The molecule has 0 fully saturated rings. The lowest BCUT2D eigenvalue weighted by Crippen LogP contribution is -2.35. The van der Waals surface area contributed by atoms with E-state index in [0.717, 1.165) is 0 Å². The van der Waals surface area contributed by atoms with Crippen LogP contribution in [0, 0.1) is 5.82 Å². The average Bonchev–Trinajstić information content (AvgIpc) is 3.12. The van der Waals surface area contributed by atoms with Gasteiger partial charge in [0.15, 0.2) is 5.76 Å². The Balaban J connectivity index is 1.88. The number of nitrogens with zero attached hydrogens (tertiary/aromatic N) is 1. The number of halogens is 1. The molecule has 0 aliphatic carbocycles. The number of nitrogens with one attached hydrogen (secondary N) is 1. The van der Waals surface area contributed by atoms with Crippen LogP contribution in [0.5, 0.6) is 0 Å². The zero-order chi connectivity index (χ0) is 18.5. The van der Waals surface area contributed by atoms with E-state index in [1.54, 1.807) is 43.6 Å². The number of carbonyl (C=O) groups is 1. The summed E-state index contributed by atoms with van der Waals surface area (Å²) in [5, 5.41) is 2.88. The molecular formula is C20H19FN2O3. The van der Waals surface area contributed by atoms with Crippen molar-refractivity contribution >= 4 is 5.91 Å². The third-order valence-corrected chi connectivity index (χ3v) is 3.83. The minimum Gasteiger partial charge on any atom is -0.436 e. The molecule has 1 heterocycles. The van der Waals surface area contributed by atoms with Crippen LogP contribution in [0.2, 0.25) is 0 Å². The molecule has 0 unspecified atom stereocenters. The smallest absolute Gasteiger partial charge is 0.252 e. The highest BCUT2D eigenvalue weighted by Crippen LogP contribution is 2.28. The summed E-state index contributed by atoms with van der Waals surface area (Å²) in [6.07, 6.45) is 1.56. The number of oxazole rings is 1. The lowest BCUT2D eigenvalue weighted by molar-refractivity contribution is 0.0906. The lowest BCUT2D eigenvalue weighted by atomic mass is 10.1. The molecule has 0 bridgehead atoms. The van der Waals surface area contributed by atoms with Crippen molar-refractivity contribution in [2.75, 3.05) is 13.7 Å². The summed E-state index contributed by atoms with van der Waals surface area (Å²) in [7, 11) is 1.58. The summed E-state index contributed by atoms with van der Waals surface area (Å²) < 4.78 is 23.9. The Bertz CT molecular complexity index is 890. The number of ether oxygens (including phenoxy) is 1. The molecule has 0 saturated carbocycles. The molecule has 3 rings (SSSR count). The molecule has 1 atom stereocenters. The quantitative estimate of drug-likeness (QED) is 0.729. The summed E-state index contributed by atoms with van der Waals surface area (Å²) >= 11 is 0. The first kappa shape index (κ1) is 17.8. The van der Waals surface area contributed by atoms with E-state index < -0.39 is 0 Å². The van der Waals surface area contributed by atoms with Crippen LogP contribution in [0.4, 0.5) is 4.39 Å². The molecule has 0 aliphatic rings. The highest BCUT2D eigenvalue weighted by molar-refractivity contribution is 6.00. The van der Waals surface area contributed by atoms with Crippen LogP contribution >= 0.6 is 0 Å². The third kappa shape index (κ3) is 3.97. The Hall–Kier alpha value is -2.99. The zero-order valence-electron chi connectivity index (χ0n) is 14.5. The van der Waals surface area contributed by atoms with Crippen molar-refractivity contribution in [1.82, 2.24) is 10.3 Å². The van der Waals surface area contributed by atoms with Gasteiger partial charge in [0.1, 0.15) is 5.82 Å². The van der Waals surface area contributed by atoms with E-state index in [2.05, 4.69) is 10.3 Å². The number of hydrogen-bond donors (Lipinski definition) is 1. The molecule has 3 aromatic rings. The Kier molecular flexibility index (Phi) is 5.43. The van der Waals surface area contributed by atoms with Crippen LogP contribution in [0.1, 0.15) is 17.3 Å². The third-order valence-electron chi connectivity index (χ3n) is 3.83. The van der Waals surface area contributed by atoms with Gasteiger partial charge < -0.3 is 14.5 Å². The Morgan fingerprint density at radius 3 is 2.69 bits per heavy atom. The first-order valence-corrected chi connectivity index (χ1v) is 8.19. The van der Waals surface area contributed by atoms with Gasteiger partial charge in [-0.25, -0.2) is 9.37 Å². The van der Waals surface area contributed by atoms with Crippen LogP contribution in [0.3, 0.4) is 0 Å². The van der Waals surface area contributed by atoms with Gasteiger partial charge in [-0.15, -0.1) is 0 Å². The van der Waals surface area contributed by atoms with Crippen LogP contribution in [-0.2, 0) is 4.74 Å². The molecule has 0 radical (unpaired) electrons. The maximum atomic E-state index is 13.1. The number of benzene rings is 2. The molecule has 0 aliphatic heterocycles. The van der Waals surface area contributed by atoms with E-state index >= 15 is 0 Å². The second kappa shape index (κ2) is 7.93. The van der Waals surface area contributed by atoms with Crippen LogP contribution < -0.4 is 5.32 Å². The van der Waals surface area contributed by atoms with Gasteiger partial charge in [-0.05, 0) is 43.3 Å². The van der Waals surface area contributed by atoms with Gasteiger partial charge >= 0.3 is 0 Å². The SMILES string of the molecule is COC[C@H](C)NC(=O)c1ccccc1-c1ncc(-c2ccc(F)cc2)o1. The van der Waals surface area contributed by atoms with Gasteiger partial charge in [0.2, 0.25) is 5.89 Å². The van der Waals surface area contributed by atoms with Crippen molar-refractivity contribution in [2.24, 2.45) is 0 Å². The van der Waals surface area contributed by atoms with E-state index in [1.165, 1.54) is 12.1 Å². The van der Waals surface area contributed by atoms with Crippen molar-refractivity contribution in [3.8, 4) is 22.8 Å². The molecule has 2 aromatic carbocycles. The highest BCUT2D eigenvalue weighted by atomic mass is 19.1. The lowest BCUT2D eigenvalue weighted by Gasteiger charge is -2.14. The van der Waals surface area contributed by atoms with Crippen molar-refractivity contribution in [3.05, 3.63) is 66.1 Å². The van der Waals surface area contributed by atoms with E-state index in [9.17, 15) is 9.18 Å². The molecule has 0 saturated heterocycles. The van der Waals surface area contributed by atoms with Crippen LogP contribution in [-0.4, -0.2) is 30.6 Å². The maximum Gasteiger partial charge on any atom is 0.252 e. The molecule has 6 heteroatoms. The van der Waals surface area contributed by atoms with Crippen molar-refractivity contribution in [1.29, 1.82) is 0 Å². The first-order chi connectivity index (χ1) is 12.6. The summed E-state index contributed by atoms with van der Waals surface area (Å²) in [4.78, 5) is 16.8. The van der Waals surface area contributed by atoms with Crippen molar-refractivity contribution in [2.45, 2.75) is 13.0 Å². The number of amides is 1. The fraction of sp³-hybridized carbons (Fsp3) is 0.200. The number of rotatable bonds is 6. The fourth-order valence-electron chi connectivity index (χ4n) is 2.61. The first-order valence-electron chi connectivity index (χ1n) is 8.19. The number of methoxy groups -OCH3 is 1. The minimum atomic E-state index is -0.319. The number of hydrogen-bond acceptors (Lipinski definition) is 4. The predicted octanol–water partition coefficient (Wildman–Crippen LogP) is 3.91. The van der Waals surface area contributed by atoms with Gasteiger partial charge in [0.05, 0.1) is 18.4 Å². The van der Waals surface area contributed by atoms with E-state index in [4.69, 9.17) is 9.15 Å².